The maximum Gasteiger partial charge on any atom is 0.270 e. The molecule has 0 fully saturated rings. The van der Waals surface area contributed by atoms with Gasteiger partial charge in [0, 0.05) is 11.2 Å². The van der Waals surface area contributed by atoms with Gasteiger partial charge in [0.25, 0.3) is 5.91 Å². The van der Waals surface area contributed by atoms with Crippen molar-refractivity contribution in [2.45, 2.75) is 12.5 Å². The largest absolute Gasteiger partial charge is 0.367 e. The minimum absolute atomic E-state index is 0.124. The summed E-state index contributed by atoms with van der Waals surface area (Å²) in [5, 5.41) is 3.44. The molecule has 0 saturated carbocycles. The van der Waals surface area contributed by atoms with E-state index in [0.29, 0.717) is 15.6 Å². The number of rotatable bonds is 4. The molecular weight excluding hydrogens is 325 g/mol. The van der Waals surface area contributed by atoms with E-state index in [1.165, 1.54) is 25.3 Å². The Morgan fingerprint density at radius 1 is 1.18 bits per heavy atom. The van der Waals surface area contributed by atoms with Crippen LogP contribution in [0.3, 0.4) is 0 Å². The van der Waals surface area contributed by atoms with Crippen molar-refractivity contribution in [3.63, 3.8) is 0 Å². The van der Waals surface area contributed by atoms with Crippen molar-refractivity contribution in [3.8, 4) is 0 Å². The first kappa shape index (κ1) is 16.3. The highest BCUT2D eigenvalue weighted by Crippen LogP contribution is 2.24. The number of nitrogens with one attached hydrogen (secondary N) is 1. The zero-order chi connectivity index (χ0) is 16.3. The summed E-state index contributed by atoms with van der Waals surface area (Å²) in [6, 6.07) is 9.55. The third-order valence-corrected chi connectivity index (χ3v) is 3.68. The number of nitrogens with zero attached hydrogens (tertiary/aromatic N) is 1. The molecule has 1 aromatic heterocycles. The van der Waals surface area contributed by atoms with Gasteiger partial charge in [-0.1, -0.05) is 35.3 Å². The average Bonchev–Trinajstić information content (AvgIpc) is 2.47. The molecule has 1 atom stereocenters. The molecule has 2 rings (SSSR count). The number of nitrogens with two attached hydrogens (primary N) is 1. The molecule has 22 heavy (non-hydrogen) atoms. The van der Waals surface area contributed by atoms with Crippen LogP contribution in [0.1, 0.15) is 23.0 Å². The highest BCUT2D eigenvalue weighted by atomic mass is 35.5. The Kier molecular flexibility index (Phi) is 4.68. The topological polar surface area (TPSA) is 85.1 Å². The summed E-state index contributed by atoms with van der Waals surface area (Å²) in [5.41, 5.74) is 4.66. The number of amides is 2. The third-order valence-electron chi connectivity index (χ3n) is 3.22. The highest BCUT2D eigenvalue weighted by Gasteiger charge is 2.35. The zero-order valence-corrected chi connectivity index (χ0v) is 13.2. The maximum absolute atomic E-state index is 12.3. The molecular formula is C15H13Cl2N3O2. The molecule has 114 valence electrons. The van der Waals surface area contributed by atoms with Gasteiger partial charge >= 0.3 is 0 Å². The van der Waals surface area contributed by atoms with E-state index in [9.17, 15) is 9.59 Å². The molecule has 0 aliphatic carbocycles. The van der Waals surface area contributed by atoms with Gasteiger partial charge in [-0.05, 0) is 36.8 Å². The second-order valence-corrected chi connectivity index (χ2v) is 5.69. The van der Waals surface area contributed by atoms with E-state index in [4.69, 9.17) is 28.9 Å². The van der Waals surface area contributed by atoms with Crippen LogP contribution in [0.4, 0.5) is 0 Å². The number of carbonyl (C=O) groups is 2. The van der Waals surface area contributed by atoms with Crippen molar-refractivity contribution in [2.24, 2.45) is 5.73 Å². The molecule has 0 bridgehead atoms. The summed E-state index contributed by atoms with van der Waals surface area (Å²) in [4.78, 5) is 28.1. The van der Waals surface area contributed by atoms with E-state index in [2.05, 4.69) is 10.3 Å². The molecule has 0 unspecified atom stereocenters. The number of aromatic nitrogens is 1. The van der Waals surface area contributed by atoms with E-state index >= 15 is 0 Å². The molecule has 2 aromatic rings. The van der Waals surface area contributed by atoms with Gasteiger partial charge in [0.1, 0.15) is 11.2 Å². The molecule has 3 N–H and O–H groups in total. The lowest BCUT2D eigenvalue weighted by molar-refractivity contribution is -0.123. The van der Waals surface area contributed by atoms with Gasteiger partial charge in [-0.15, -0.1) is 0 Å². The van der Waals surface area contributed by atoms with E-state index in [0.717, 1.165) is 0 Å². The molecule has 0 aliphatic heterocycles. The van der Waals surface area contributed by atoms with Crippen molar-refractivity contribution in [1.82, 2.24) is 10.3 Å². The van der Waals surface area contributed by atoms with Gasteiger partial charge in [0.2, 0.25) is 5.91 Å². The van der Waals surface area contributed by atoms with Crippen LogP contribution in [-0.4, -0.2) is 16.8 Å². The van der Waals surface area contributed by atoms with Crippen LogP contribution in [0.2, 0.25) is 10.0 Å². The minimum Gasteiger partial charge on any atom is -0.367 e. The summed E-state index contributed by atoms with van der Waals surface area (Å²) < 4.78 is 0. The predicted octanol–water partition coefficient (Wildman–Crippen LogP) is 2.52. The first-order chi connectivity index (χ1) is 10.3. The molecule has 7 heteroatoms. The Hall–Kier alpha value is -2.11. The lowest BCUT2D eigenvalue weighted by Gasteiger charge is -2.28. The number of benzene rings is 1. The first-order valence-electron chi connectivity index (χ1n) is 6.33. The van der Waals surface area contributed by atoms with Crippen LogP contribution >= 0.6 is 23.2 Å². The van der Waals surface area contributed by atoms with Crippen LogP contribution in [0.5, 0.6) is 0 Å². The van der Waals surface area contributed by atoms with Gasteiger partial charge < -0.3 is 11.1 Å². The van der Waals surface area contributed by atoms with Gasteiger partial charge in [0.05, 0.1) is 5.02 Å². The van der Waals surface area contributed by atoms with E-state index in [1.54, 1.807) is 24.3 Å². The standard InChI is InChI=1S/C15H13Cl2N3O2/c1-15(14(18)22,9-3-2-4-10(16)7-9)20-13(21)12-6-5-11(17)8-19-12/h2-8H,1H3,(H2,18,22)(H,20,21)/t15-/m1/s1. The van der Waals surface area contributed by atoms with Crippen LogP contribution in [-0.2, 0) is 10.3 Å². The summed E-state index contributed by atoms with van der Waals surface area (Å²) >= 11 is 11.7. The normalized spacial score (nSPS) is 13.2. The fourth-order valence-electron chi connectivity index (χ4n) is 1.88. The fraction of sp³-hybridized carbons (Fsp3) is 0.133. The Labute approximate surface area is 137 Å². The fourth-order valence-corrected chi connectivity index (χ4v) is 2.18. The van der Waals surface area contributed by atoms with E-state index < -0.39 is 17.4 Å². The molecule has 0 radical (unpaired) electrons. The SMILES string of the molecule is C[C@](NC(=O)c1ccc(Cl)cn1)(C(N)=O)c1cccc(Cl)c1. The predicted molar refractivity (Wildman–Crippen MR) is 84.7 cm³/mol. The number of hydrogen-bond acceptors (Lipinski definition) is 3. The zero-order valence-electron chi connectivity index (χ0n) is 11.6. The first-order valence-corrected chi connectivity index (χ1v) is 7.08. The van der Waals surface area contributed by atoms with Crippen LogP contribution in [0, 0.1) is 0 Å². The van der Waals surface area contributed by atoms with Crippen molar-refractivity contribution in [2.75, 3.05) is 0 Å². The third kappa shape index (κ3) is 3.37. The second-order valence-electron chi connectivity index (χ2n) is 4.82. The summed E-state index contributed by atoms with van der Waals surface area (Å²) in [6.45, 7) is 1.51. The van der Waals surface area contributed by atoms with Crippen molar-refractivity contribution in [3.05, 3.63) is 63.9 Å². The Morgan fingerprint density at radius 2 is 1.91 bits per heavy atom. The maximum atomic E-state index is 12.3. The van der Waals surface area contributed by atoms with Gasteiger partial charge in [-0.2, -0.15) is 0 Å². The second kappa shape index (κ2) is 6.34. The molecule has 2 amide bonds. The van der Waals surface area contributed by atoms with E-state index in [1.807, 2.05) is 0 Å². The highest BCUT2D eigenvalue weighted by molar-refractivity contribution is 6.30. The van der Waals surface area contributed by atoms with Crippen LogP contribution < -0.4 is 11.1 Å². The van der Waals surface area contributed by atoms with Crippen molar-refractivity contribution < 1.29 is 9.59 Å². The number of primary amides is 1. The minimum atomic E-state index is -1.41. The van der Waals surface area contributed by atoms with Crippen molar-refractivity contribution in [1.29, 1.82) is 0 Å². The Balaban J connectivity index is 2.34. The average molecular weight is 338 g/mol. The summed E-state index contributed by atoms with van der Waals surface area (Å²) in [7, 11) is 0. The molecule has 0 spiro atoms. The summed E-state index contributed by atoms with van der Waals surface area (Å²) in [6.07, 6.45) is 1.34. The molecule has 5 nitrogen and oxygen atoms in total. The number of halogens is 2. The van der Waals surface area contributed by atoms with Gasteiger partial charge in [0.15, 0.2) is 0 Å². The van der Waals surface area contributed by atoms with Crippen LogP contribution in [0.15, 0.2) is 42.6 Å². The smallest absolute Gasteiger partial charge is 0.270 e. The molecule has 1 aromatic carbocycles. The van der Waals surface area contributed by atoms with E-state index in [-0.39, 0.29) is 5.69 Å². The Morgan fingerprint density at radius 3 is 2.45 bits per heavy atom. The number of hydrogen-bond donors (Lipinski definition) is 2. The van der Waals surface area contributed by atoms with Crippen molar-refractivity contribution >= 4 is 35.0 Å². The number of carbonyl (C=O) groups excluding carboxylic acids is 2. The molecule has 0 aliphatic rings. The quantitative estimate of drug-likeness (QED) is 0.898. The number of pyridine rings is 1. The van der Waals surface area contributed by atoms with Crippen LogP contribution in [0.25, 0.3) is 0 Å². The summed E-state index contributed by atoms with van der Waals surface area (Å²) in [5.74, 6) is -1.25. The Bertz CT molecular complexity index is 719. The monoisotopic (exact) mass is 337 g/mol. The molecule has 1 heterocycles. The lowest BCUT2D eigenvalue weighted by atomic mass is 9.91. The van der Waals surface area contributed by atoms with Gasteiger partial charge in [-0.3, -0.25) is 9.59 Å². The van der Waals surface area contributed by atoms with Gasteiger partial charge in [-0.25, -0.2) is 4.98 Å². The molecule has 0 saturated heterocycles. The lowest BCUT2D eigenvalue weighted by Crippen LogP contribution is -2.52.